The van der Waals surface area contributed by atoms with Gasteiger partial charge in [0.05, 0.1) is 21.3 Å². The van der Waals surface area contributed by atoms with Crippen molar-refractivity contribution in [3.63, 3.8) is 0 Å². The minimum Gasteiger partial charge on any atom is -0.493 e. The Bertz CT molecular complexity index is 528. The topological polar surface area (TPSA) is 68.8 Å². The van der Waals surface area contributed by atoms with Gasteiger partial charge in [0, 0.05) is 18.0 Å². The van der Waals surface area contributed by atoms with Gasteiger partial charge >= 0.3 is 0 Å². The summed E-state index contributed by atoms with van der Waals surface area (Å²) in [6.45, 7) is 0.446. The maximum absolute atomic E-state index is 12.1. The standard InChI is InChI=1S/C17H26N2O4/c1-21-14-10-9-13(15(22-2)16(14)23-3)11-18-19-17(20)12-7-5-4-6-8-12/h9-10,12,18H,4-8,11H2,1-3H3,(H,19,20). The van der Waals surface area contributed by atoms with Gasteiger partial charge in [-0.25, -0.2) is 5.43 Å². The highest BCUT2D eigenvalue weighted by atomic mass is 16.5. The Balaban J connectivity index is 1.96. The molecule has 6 heteroatoms. The maximum atomic E-state index is 12.1. The quantitative estimate of drug-likeness (QED) is 0.755. The molecule has 23 heavy (non-hydrogen) atoms. The number of hydrogen-bond acceptors (Lipinski definition) is 5. The number of hydrazine groups is 1. The van der Waals surface area contributed by atoms with Crippen LogP contribution in [0, 0.1) is 5.92 Å². The summed E-state index contributed by atoms with van der Waals surface area (Å²) in [7, 11) is 4.74. The van der Waals surface area contributed by atoms with Crippen LogP contribution >= 0.6 is 0 Å². The number of carbonyl (C=O) groups excluding carboxylic acids is 1. The summed E-state index contributed by atoms with van der Waals surface area (Å²) in [4.78, 5) is 12.1. The van der Waals surface area contributed by atoms with Crippen molar-refractivity contribution in [2.45, 2.75) is 38.6 Å². The molecule has 2 rings (SSSR count). The van der Waals surface area contributed by atoms with Crippen LogP contribution in [0.4, 0.5) is 0 Å². The summed E-state index contributed by atoms with van der Waals surface area (Å²) in [5, 5.41) is 0. The van der Waals surface area contributed by atoms with Gasteiger partial charge in [0.15, 0.2) is 11.5 Å². The molecule has 0 atom stereocenters. The molecular weight excluding hydrogens is 296 g/mol. The van der Waals surface area contributed by atoms with Gasteiger partial charge in [0.25, 0.3) is 0 Å². The molecule has 0 heterocycles. The molecule has 1 amide bonds. The van der Waals surface area contributed by atoms with Crippen molar-refractivity contribution in [3.8, 4) is 17.2 Å². The lowest BCUT2D eigenvalue weighted by molar-refractivity contribution is -0.127. The zero-order valence-electron chi connectivity index (χ0n) is 14.1. The van der Waals surface area contributed by atoms with E-state index in [1.807, 2.05) is 12.1 Å². The first kappa shape index (κ1) is 17.4. The molecule has 6 nitrogen and oxygen atoms in total. The Labute approximate surface area is 137 Å². The molecule has 1 fully saturated rings. The molecule has 1 aromatic carbocycles. The van der Waals surface area contributed by atoms with E-state index in [1.54, 1.807) is 21.3 Å². The number of benzene rings is 1. The third kappa shape index (κ3) is 4.28. The van der Waals surface area contributed by atoms with E-state index in [1.165, 1.54) is 6.42 Å². The highest BCUT2D eigenvalue weighted by Crippen LogP contribution is 2.39. The number of ether oxygens (including phenoxy) is 3. The Morgan fingerprint density at radius 3 is 2.35 bits per heavy atom. The molecule has 0 spiro atoms. The lowest BCUT2D eigenvalue weighted by Crippen LogP contribution is -2.41. The molecule has 0 unspecified atom stereocenters. The summed E-state index contributed by atoms with van der Waals surface area (Å²) in [5.74, 6) is 1.96. The van der Waals surface area contributed by atoms with Gasteiger partial charge in [-0.15, -0.1) is 0 Å². The van der Waals surface area contributed by atoms with Crippen LogP contribution in [0.3, 0.4) is 0 Å². The monoisotopic (exact) mass is 322 g/mol. The Kier molecular flexibility index (Phi) is 6.52. The molecule has 1 aromatic rings. The summed E-state index contributed by atoms with van der Waals surface area (Å²) in [6.07, 6.45) is 5.48. The van der Waals surface area contributed by atoms with Crippen LogP contribution in [0.1, 0.15) is 37.7 Å². The first-order chi connectivity index (χ1) is 11.2. The fourth-order valence-corrected chi connectivity index (χ4v) is 3.00. The van der Waals surface area contributed by atoms with E-state index >= 15 is 0 Å². The largest absolute Gasteiger partial charge is 0.493 e. The molecule has 0 saturated heterocycles. The van der Waals surface area contributed by atoms with Gasteiger partial charge in [0.1, 0.15) is 0 Å². The molecule has 0 bridgehead atoms. The minimum absolute atomic E-state index is 0.0733. The van der Waals surface area contributed by atoms with Crippen LogP contribution in [-0.4, -0.2) is 27.2 Å². The number of nitrogens with one attached hydrogen (secondary N) is 2. The van der Waals surface area contributed by atoms with E-state index in [2.05, 4.69) is 10.9 Å². The zero-order chi connectivity index (χ0) is 16.7. The van der Waals surface area contributed by atoms with Crippen molar-refractivity contribution in [2.24, 2.45) is 5.92 Å². The first-order valence-electron chi connectivity index (χ1n) is 8.01. The van der Waals surface area contributed by atoms with Crippen LogP contribution < -0.4 is 25.1 Å². The molecule has 0 radical (unpaired) electrons. The van der Waals surface area contributed by atoms with Crippen molar-refractivity contribution in [3.05, 3.63) is 17.7 Å². The summed E-state index contributed by atoms with van der Waals surface area (Å²) in [5.41, 5.74) is 6.67. The molecule has 1 saturated carbocycles. The van der Waals surface area contributed by atoms with Crippen molar-refractivity contribution in [1.82, 2.24) is 10.9 Å². The summed E-state index contributed by atoms with van der Waals surface area (Å²) >= 11 is 0. The SMILES string of the molecule is COc1ccc(CNNC(=O)C2CCCCC2)c(OC)c1OC. The number of methoxy groups -OCH3 is 3. The Morgan fingerprint density at radius 2 is 1.74 bits per heavy atom. The average Bonchev–Trinajstić information content (AvgIpc) is 2.61. The fraction of sp³-hybridized carbons (Fsp3) is 0.588. The Morgan fingerprint density at radius 1 is 1.04 bits per heavy atom. The van der Waals surface area contributed by atoms with Crippen LogP contribution in [0.2, 0.25) is 0 Å². The van der Waals surface area contributed by atoms with Crippen molar-refractivity contribution in [2.75, 3.05) is 21.3 Å². The van der Waals surface area contributed by atoms with Gasteiger partial charge in [-0.3, -0.25) is 10.2 Å². The predicted octanol–water partition coefficient (Wildman–Crippen LogP) is 2.41. The van der Waals surface area contributed by atoms with E-state index in [4.69, 9.17) is 14.2 Å². The van der Waals surface area contributed by atoms with Crippen LogP contribution in [0.15, 0.2) is 12.1 Å². The van der Waals surface area contributed by atoms with Crippen LogP contribution in [0.5, 0.6) is 17.2 Å². The average molecular weight is 322 g/mol. The lowest BCUT2D eigenvalue weighted by Gasteiger charge is -2.21. The number of amides is 1. The van der Waals surface area contributed by atoms with Gasteiger partial charge in [-0.2, -0.15) is 0 Å². The van der Waals surface area contributed by atoms with Crippen molar-refractivity contribution >= 4 is 5.91 Å². The molecule has 1 aliphatic rings. The smallest absolute Gasteiger partial charge is 0.237 e. The second-order valence-corrected chi connectivity index (χ2v) is 5.67. The van der Waals surface area contributed by atoms with Gasteiger partial charge in [-0.05, 0) is 25.0 Å². The second-order valence-electron chi connectivity index (χ2n) is 5.67. The fourth-order valence-electron chi connectivity index (χ4n) is 3.00. The van der Waals surface area contributed by atoms with E-state index < -0.39 is 0 Å². The normalized spacial score (nSPS) is 15.1. The maximum Gasteiger partial charge on any atom is 0.237 e. The molecule has 0 aromatic heterocycles. The minimum atomic E-state index is 0.0733. The van der Waals surface area contributed by atoms with Crippen molar-refractivity contribution < 1.29 is 19.0 Å². The lowest BCUT2D eigenvalue weighted by atomic mass is 9.89. The Hall–Kier alpha value is -1.95. The molecular formula is C17H26N2O4. The highest BCUT2D eigenvalue weighted by molar-refractivity contribution is 5.78. The van der Waals surface area contributed by atoms with E-state index in [0.29, 0.717) is 23.8 Å². The van der Waals surface area contributed by atoms with E-state index in [-0.39, 0.29) is 11.8 Å². The highest BCUT2D eigenvalue weighted by Gasteiger charge is 2.21. The van der Waals surface area contributed by atoms with Gasteiger partial charge in [-0.1, -0.05) is 19.3 Å². The van der Waals surface area contributed by atoms with Crippen molar-refractivity contribution in [1.29, 1.82) is 0 Å². The number of hydrogen-bond donors (Lipinski definition) is 2. The second kappa shape index (κ2) is 8.62. The summed E-state index contributed by atoms with van der Waals surface area (Å²) < 4.78 is 16.0. The molecule has 1 aliphatic carbocycles. The number of rotatable bonds is 7. The molecule has 2 N–H and O–H groups in total. The predicted molar refractivity (Wildman–Crippen MR) is 87.7 cm³/mol. The third-order valence-corrected chi connectivity index (χ3v) is 4.25. The van der Waals surface area contributed by atoms with E-state index in [0.717, 1.165) is 31.2 Å². The zero-order valence-corrected chi connectivity index (χ0v) is 14.1. The van der Waals surface area contributed by atoms with Gasteiger partial charge in [0.2, 0.25) is 11.7 Å². The summed E-state index contributed by atoms with van der Waals surface area (Å²) in [6, 6.07) is 3.71. The number of carbonyl (C=O) groups is 1. The first-order valence-corrected chi connectivity index (χ1v) is 8.01. The van der Waals surface area contributed by atoms with Gasteiger partial charge < -0.3 is 14.2 Å². The van der Waals surface area contributed by atoms with Crippen LogP contribution in [-0.2, 0) is 11.3 Å². The molecule has 0 aliphatic heterocycles. The van der Waals surface area contributed by atoms with Crippen LogP contribution in [0.25, 0.3) is 0 Å². The third-order valence-electron chi connectivity index (χ3n) is 4.25. The van der Waals surface area contributed by atoms with E-state index in [9.17, 15) is 4.79 Å². The molecule has 128 valence electrons.